The van der Waals surface area contributed by atoms with Crippen LogP contribution >= 0.6 is 0 Å². The highest BCUT2D eigenvalue weighted by molar-refractivity contribution is 5.73. The van der Waals surface area contributed by atoms with Crippen LogP contribution in [0.2, 0.25) is 0 Å². The Kier molecular flexibility index (Phi) is 4.78. The summed E-state index contributed by atoms with van der Waals surface area (Å²) in [6.45, 7) is 5.48. The van der Waals surface area contributed by atoms with Crippen molar-refractivity contribution in [2.45, 2.75) is 33.6 Å². The molecule has 0 saturated heterocycles. The lowest BCUT2D eigenvalue weighted by Gasteiger charge is -2.06. The van der Waals surface area contributed by atoms with Gasteiger partial charge in [0.15, 0.2) is 0 Å². The van der Waals surface area contributed by atoms with Crippen LogP contribution in [0, 0.1) is 30.9 Å². The van der Waals surface area contributed by atoms with Crippen molar-refractivity contribution in [2.24, 2.45) is 7.05 Å². The van der Waals surface area contributed by atoms with E-state index in [1.165, 1.54) is 18.2 Å². The largest absolute Gasteiger partial charge is 0.427 e. The van der Waals surface area contributed by atoms with Crippen LogP contribution in [0.1, 0.15) is 28.9 Å². The third-order valence-electron chi connectivity index (χ3n) is 3.83. The van der Waals surface area contributed by atoms with Gasteiger partial charge in [0.05, 0.1) is 17.0 Å². The molecule has 0 radical (unpaired) electrons. The van der Waals surface area contributed by atoms with Gasteiger partial charge in [0.2, 0.25) is 0 Å². The molecule has 0 spiro atoms. The average Bonchev–Trinajstić information content (AvgIpc) is 2.70. The van der Waals surface area contributed by atoms with Crippen LogP contribution in [-0.4, -0.2) is 20.7 Å². The van der Waals surface area contributed by atoms with Gasteiger partial charge in [-0.05, 0) is 44.9 Å². The molecule has 0 amide bonds. The molecule has 0 aliphatic rings. The minimum atomic E-state index is -0.463. The van der Waals surface area contributed by atoms with E-state index in [4.69, 9.17) is 4.74 Å². The molecule has 0 bridgehead atoms. The predicted molar refractivity (Wildman–Crippen MR) is 84.5 cm³/mol. The number of carbonyl (C=O) groups excluding carboxylic acids is 1. The first-order valence-corrected chi connectivity index (χ1v) is 7.24. The average molecular weight is 317 g/mol. The molecular formula is C16H19N3O4. The van der Waals surface area contributed by atoms with Crippen LogP contribution in [0.25, 0.3) is 0 Å². The Morgan fingerprint density at radius 1 is 1.35 bits per heavy atom. The Morgan fingerprint density at radius 3 is 2.57 bits per heavy atom. The maximum atomic E-state index is 12.0. The molecule has 1 aromatic heterocycles. The van der Waals surface area contributed by atoms with E-state index in [9.17, 15) is 14.9 Å². The van der Waals surface area contributed by atoms with Crippen molar-refractivity contribution in [3.63, 3.8) is 0 Å². The molecule has 0 atom stereocenters. The van der Waals surface area contributed by atoms with E-state index < -0.39 is 4.92 Å². The number of esters is 1. The van der Waals surface area contributed by atoms with Gasteiger partial charge in [-0.1, -0.05) is 0 Å². The van der Waals surface area contributed by atoms with Crippen molar-refractivity contribution < 1.29 is 14.5 Å². The first-order chi connectivity index (χ1) is 10.8. The Balaban J connectivity index is 2.00. The lowest BCUT2D eigenvalue weighted by atomic mass is 10.1. The highest BCUT2D eigenvalue weighted by Crippen LogP contribution is 2.23. The fourth-order valence-corrected chi connectivity index (χ4v) is 2.49. The van der Waals surface area contributed by atoms with E-state index in [-0.39, 0.29) is 18.1 Å². The number of nitro groups is 1. The minimum Gasteiger partial charge on any atom is -0.427 e. The van der Waals surface area contributed by atoms with Crippen molar-refractivity contribution in [1.82, 2.24) is 9.78 Å². The van der Waals surface area contributed by atoms with E-state index >= 15 is 0 Å². The van der Waals surface area contributed by atoms with Crippen LogP contribution in [0.15, 0.2) is 18.2 Å². The topological polar surface area (TPSA) is 87.3 Å². The number of rotatable bonds is 5. The number of carbonyl (C=O) groups is 1. The third kappa shape index (κ3) is 3.74. The number of aryl methyl sites for hydroxylation is 3. The maximum Gasteiger partial charge on any atom is 0.311 e. The van der Waals surface area contributed by atoms with Crippen molar-refractivity contribution in [1.29, 1.82) is 0 Å². The number of hydrogen-bond donors (Lipinski definition) is 0. The number of ether oxygens (including phenoxy) is 1. The van der Waals surface area contributed by atoms with Gasteiger partial charge < -0.3 is 4.74 Å². The van der Waals surface area contributed by atoms with E-state index in [0.29, 0.717) is 17.7 Å². The maximum absolute atomic E-state index is 12.0. The highest BCUT2D eigenvalue weighted by atomic mass is 16.6. The fraction of sp³-hybridized carbons (Fsp3) is 0.375. The molecule has 1 aromatic carbocycles. The molecule has 7 heteroatoms. The second-order valence-electron chi connectivity index (χ2n) is 5.45. The molecule has 1 heterocycles. The molecule has 0 unspecified atom stereocenters. The molecule has 7 nitrogen and oxygen atoms in total. The fourth-order valence-electron chi connectivity index (χ4n) is 2.49. The lowest BCUT2D eigenvalue weighted by molar-refractivity contribution is -0.385. The van der Waals surface area contributed by atoms with Gasteiger partial charge in [0, 0.05) is 24.4 Å². The molecule has 0 fully saturated rings. The predicted octanol–water partition coefficient (Wildman–Crippen LogP) is 2.79. The van der Waals surface area contributed by atoms with Crippen molar-refractivity contribution in [3.05, 3.63) is 50.8 Å². The molecule has 122 valence electrons. The Morgan fingerprint density at radius 2 is 2.04 bits per heavy atom. The summed E-state index contributed by atoms with van der Waals surface area (Å²) in [6.07, 6.45) is 0.777. The minimum absolute atomic E-state index is 0.00593. The standard InChI is InChI=1S/C16H19N3O4/c1-10-9-13(5-7-15(10)19(21)22)23-16(20)8-6-14-11(2)17-18(4)12(14)3/h5,7,9H,6,8H2,1-4H3. The number of nitrogens with zero attached hydrogens (tertiary/aromatic N) is 3. The number of nitro benzene ring substituents is 1. The van der Waals surface area contributed by atoms with Crippen molar-refractivity contribution >= 4 is 11.7 Å². The Bertz CT molecular complexity index is 765. The quantitative estimate of drug-likeness (QED) is 0.366. The van der Waals surface area contributed by atoms with Gasteiger partial charge in [0.1, 0.15) is 5.75 Å². The normalized spacial score (nSPS) is 10.6. The van der Waals surface area contributed by atoms with Crippen molar-refractivity contribution in [3.8, 4) is 5.75 Å². The van der Waals surface area contributed by atoms with Crippen LogP contribution in [0.4, 0.5) is 5.69 Å². The summed E-state index contributed by atoms with van der Waals surface area (Å²) >= 11 is 0. The zero-order chi connectivity index (χ0) is 17.1. The van der Waals surface area contributed by atoms with Gasteiger partial charge in [-0.2, -0.15) is 5.10 Å². The number of hydrogen-bond acceptors (Lipinski definition) is 5. The smallest absolute Gasteiger partial charge is 0.311 e. The second kappa shape index (κ2) is 6.60. The summed E-state index contributed by atoms with van der Waals surface area (Å²) in [5.74, 6) is -0.0568. The molecule has 0 saturated carbocycles. The number of benzene rings is 1. The molecule has 23 heavy (non-hydrogen) atoms. The molecular weight excluding hydrogens is 298 g/mol. The summed E-state index contributed by atoms with van der Waals surface area (Å²) < 4.78 is 7.04. The van der Waals surface area contributed by atoms with E-state index in [1.807, 2.05) is 20.9 Å². The van der Waals surface area contributed by atoms with Crippen LogP contribution in [-0.2, 0) is 18.3 Å². The Hall–Kier alpha value is -2.70. The SMILES string of the molecule is Cc1cc(OC(=O)CCc2c(C)nn(C)c2C)ccc1[N+](=O)[O-]. The van der Waals surface area contributed by atoms with Gasteiger partial charge >= 0.3 is 5.97 Å². The van der Waals surface area contributed by atoms with Crippen molar-refractivity contribution in [2.75, 3.05) is 0 Å². The highest BCUT2D eigenvalue weighted by Gasteiger charge is 2.15. The van der Waals surface area contributed by atoms with Crippen LogP contribution in [0.5, 0.6) is 5.75 Å². The monoisotopic (exact) mass is 317 g/mol. The summed E-state index contributed by atoms with van der Waals surface area (Å²) in [6, 6.07) is 4.27. The van der Waals surface area contributed by atoms with Gasteiger partial charge in [0.25, 0.3) is 5.69 Å². The van der Waals surface area contributed by atoms with E-state index in [1.54, 1.807) is 11.6 Å². The third-order valence-corrected chi connectivity index (χ3v) is 3.83. The van der Waals surface area contributed by atoms with Gasteiger partial charge in [-0.15, -0.1) is 0 Å². The summed E-state index contributed by atoms with van der Waals surface area (Å²) in [7, 11) is 1.86. The van der Waals surface area contributed by atoms with E-state index in [2.05, 4.69) is 5.10 Å². The molecule has 2 rings (SSSR count). The molecule has 0 N–H and O–H groups in total. The molecule has 0 aliphatic carbocycles. The molecule has 2 aromatic rings. The van der Waals surface area contributed by atoms with Crippen LogP contribution < -0.4 is 4.74 Å². The summed E-state index contributed by atoms with van der Waals surface area (Å²) in [5, 5.41) is 15.1. The summed E-state index contributed by atoms with van der Waals surface area (Å²) in [5.41, 5.74) is 3.44. The van der Waals surface area contributed by atoms with E-state index in [0.717, 1.165) is 17.0 Å². The lowest BCUT2D eigenvalue weighted by Crippen LogP contribution is -2.10. The second-order valence-corrected chi connectivity index (χ2v) is 5.45. The van der Waals surface area contributed by atoms with Gasteiger partial charge in [-0.25, -0.2) is 0 Å². The number of aromatic nitrogens is 2. The van der Waals surface area contributed by atoms with Gasteiger partial charge in [-0.3, -0.25) is 19.6 Å². The zero-order valence-corrected chi connectivity index (χ0v) is 13.6. The molecule has 0 aliphatic heterocycles. The zero-order valence-electron chi connectivity index (χ0n) is 13.6. The first-order valence-electron chi connectivity index (χ1n) is 7.24. The Labute approximate surface area is 134 Å². The summed E-state index contributed by atoms with van der Waals surface area (Å²) in [4.78, 5) is 22.3. The first kappa shape index (κ1) is 16.7. The van der Waals surface area contributed by atoms with Crippen LogP contribution in [0.3, 0.4) is 0 Å².